The molecule has 0 amide bonds. The molecule has 7 heavy (non-hydrogen) atoms. The predicted octanol–water partition coefficient (Wildman–Crippen LogP) is -2.08. The first-order valence-corrected chi connectivity index (χ1v) is 5.07. The predicted molar refractivity (Wildman–Crippen MR) is 28.5 cm³/mol. The summed E-state index contributed by atoms with van der Waals surface area (Å²) in [6.07, 6.45) is 4.32. The van der Waals surface area contributed by atoms with Crippen molar-refractivity contribution in [2.75, 3.05) is 4.43 Å². The van der Waals surface area contributed by atoms with Gasteiger partial charge in [-0.3, -0.25) is 0 Å². The van der Waals surface area contributed by atoms with Gasteiger partial charge in [0.25, 0.3) is 0 Å². The van der Waals surface area contributed by atoms with Gasteiger partial charge in [0.1, 0.15) is 0 Å². The first kappa shape index (κ1) is 7.43. The molecular formula is C5H11IN-. The van der Waals surface area contributed by atoms with Crippen LogP contribution in [-0.4, -0.2) is 4.43 Å². The molecule has 1 nitrogen and oxygen atoms in total. The summed E-state index contributed by atoms with van der Waals surface area (Å²) in [5.74, 6) is 0. The van der Waals surface area contributed by atoms with E-state index in [0.717, 1.165) is 6.42 Å². The monoisotopic (exact) mass is 212 g/mol. The summed E-state index contributed by atoms with van der Waals surface area (Å²) in [7, 11) is 0. The van der Waals surface area contributed by atoms with Gasteiger partial charge in [-0.15, -0.1) is 0 Å². The molecular weight excluding hydrogens is 201 g/mol. The molecule has 0 saturated carbocycles. The summed E-state index contributed by atoms with van der Waals surface area (Å²) >= 11 is 0.0471. The van der Waals surface area contributed by atoms with Gasteiger partial charge in [-0.25, -0.2) is 0 Å². The topological polar surface area (TPSA) is 26.0 Å². The van der Waals surface area contributed by atoms with E-state index in [4.69, 9.17) is 3.95 Å². The Bertz CT molecular complexity index is 45.3. The molecule has 0 spiro atoms. The zero-order valence-corrected chi connectivity index (χ0v) is 6.52. The second kappa shape index (κ2) is 6.43. The van der Waals surface area contributed by atoms with Crippen molar-refractivity contribution in [2.45, 2.75) is 12.8 Å². The number of hydrogen-bond donors (Lipinski definition) is 1. The van der Waals surface area contributed by atoms with E-state index in [1.54, 1.807) is 0 Å². The van der Waals surface area contributed by atoms with Crippen molar-refractivity contribution in [3.05, 3.63) is 12.7 Å². The molecule has 0 unspecified atom stereocenters. The molecule has 0 aliphatic rings. The molecule has 0 aliphatic heterocycles. The fourth-order valence-electron chi connectivity index (χ4n) is 0.299. The number of nitrogens with two attached hydrogens (primary N) is 1. The molecule has 0 radical (unpaired) electrons. The summed E-state index contributed by atoms with van der Waals surface area (Å²) in [6.45, 7) is 3.60. The van der Waals surface area contributed by atoms with Crippen LogP contribution in [0, 0.1) is 0 Å². The SMILES string of the molecule is C=CCCC[I-]N. The summed E-state index contributed by atoms with van der Waals surface area (Å²) in [5, 5.41) is 0. The van der Waals surface area contributed by atoms with Gasteiger partial charge in [-0.05, 0) is 0 Å². The zero-order chi connectivity index (χ0) is 5.54. The quantitative estimate of drug-likeness (QED) is 0.187. The van der Waals surface area contributed by atoms with E-state index in [1.165, 1.54) is 10.8 Å². The second-order valence-corrected chi connectivity index (χ2v) is 3.23. The number of alkyl halides is 1. The van der Waals surface area contributed by atoms with Crippen LogP contribution in [0.2, 0.25) is 0 Å². The number of unbranched alkanes of at least 4 members (excludes halogenated alkanes) is 1. The molecule has 0 aromatic heterocycles. The van der Waals surface area contributed by atoms with Crippen molar-refractivity contribution >= 4 is 0 Å². The Morgan fingerprint density at radius 1 is 1.71 bits per heavy atom. The first-order chi connectivity index (χ1) is 3.41. The third-order valence-corrected chi connectivity index (χ3v) is 2.04. The molecule has 2 N–H and O–H groups in total. The van der Waals surface area contributed by atoms with Crippen molar-refractivity contribution in [1.29, 1.82) is 0 Å². The van der Waals surface area contributed by atoms with Crippen LogP contribution in [0.5, 0.6) is 0 Å². The van der Waals surface area contributed by atoms with Gasteiger partial charge in [-0.2, -0.15) is 0 Å². The second-order valence-electron chi connectivity index (χ2n) is 1.27. The van der Waals surface area contributed by atoms with Crippen LogP contribution < -0.4 is 25.4 Å². The van der Waals surface area contributed by atoms with Crippen LogP contribution in [0.15, 0.2) is 12.7 Å². The van der Waals surface area contributed by atoms with Gasteiger partial charge in [0.05, 0.1) is 0 Å². The molecule has 0 atom stereocenters. The van der Waals surface area contributed by atoms with Crippen molar-refractivity contribution < 1.29 is 21.5 Å². The average molecular weight is 212 g/mol. The average Bonchev–Trinajstić information content (AvgIpc) is 1.69. The fourth-order valence-corrected chi connectivity index (χ4v) is 1.18. The summed E-state index contributed by atoms with van der Waals surface area (Å²) in [5.41, 5.74) is 0. The molecule has 2 heteroatoms. The van der Waals surface area contributed by atoms with Gasteiger partial charge < -0.3 is 0 Å². The van der Waals surface area contributed by atoms with Crippen molar-refractivity contribution in [3.63, 3.8) is 0 Å². The van der Waals surface area contributed by atoms with E-state index in [-0.39, 0.29) is 21.5 Å². The number of rotatable bonds is 4. The molecule has 0 aliphatic carbocycles. The minimum atomic E-state index is 0.0471. The first-order valence-electron chi connectivity index (χ1n) is 2.30. The number of hydrogen-bond acceptors (Lipinski definition) is 1. The van der Waals surface area contributed by atoms with Gasteiger partial charge in [0.2, 0.25) is 0 Å². The van der Waals surface area contributed by atoms with Crippen LogP contribution in [0.1, 0.15) is 12.8 Å². The maximum atomic E-state index is 5.34. The van der Waals surface area contributed by atoms with Crippen LogP contribution in [0.3, 0.4) is 0 Å². The molecule has 0 aromatic rings. The number of halogens is 1. The Morgan fingerprint density at radius 3 is 2.86 bits per heavy atom. The van der Waals surface area contributed by atoms with Crippen LogP contribution in [0.4, 0.5) is 0 Å². The van der Waals surface area contributed by atoms with E-state index in [1.807, 2.05) is 6.08 Å². The minimum absolute atomic E-state index is 0.0471. The van der Waals surface area contributed by atoms with Gasteiger partial charge in [-0.1, -0.05) is 0 Å². The van der Waals surface area contributed by atoms with Gasteiger partial charge in [0, 0.05) is 0 Å². The molecule has 0 aromatic carbocycles. The zero-order valence-electron chi connectivity index (χ0n) is 4.36. The normalized spacial score (nSPS) is 9.29. The molecule has 0 saturated heterocycles. The van der Waals surface area contributed by atoms with E-state index in [0.29, 0.717) is 0 Å². The van der Waals surface area contributed by atoms with Gasteiger partial charge in [0.15, 0.2) is 0 Å². The molecule has 0 fully saturated rings. The Labute approximate surface area is 55.6 Å². The summed E-state index contributed by atoms with van der Waals surface area (Å²) < 4.78 is 6.59. The number of allylic oxidation sites excluding steroid dienone is 1. The van der Waals surface area contributed by atoms with Crippen molar-refractivity contribution in [2.24, 2.45) is 3.95 Å². The Hall–Kier alpha value is 0.430. The summed E-state index contributed by atoms with van der Waals surface area (Å²) in [6, 6.07) is 0. The van der Waals surface area contributed by atoms with Crippen LogP contribution >= 0.6 is 0 Å². The van der Waals surface area contributed by atoms with E-state index < -0.39 is 0 Å². The Kier molecular flexibility index (Phi) is 6.82. The molecule has 44 valence electrons. The van der Waals surface area contributed by atoms with E-state index >= 15 is 0 Å². The van der Waals surface area contributed by atoms with Crippen LogP contribution in [-0.2, 0) is 0 Å². The fraction of sp³-hybridized carbons (Fsp3) is 0.600. The summed E-state index contributed by atoms with van der Waals surface area (Å²) in [4.78, 5) is 0. The van der Waals surface area contributed by atoms with Crippen molar-refractivity contribution in [1.82, 2.24) is 0 Å². The van der Waals surface area contributed by atoms with Crippen molar-refractivity contribution in [3.8, 4) is 0 Å². The molecule has 0 rings (SSSR count). The van der Waals surface area contributed by atoms with Crippen LogP contribution in [0.25, 0.3) is 0 Å². The molecule has 0 bridgehead atoms. The standard InChI is InChI=1S/C5H11IN/c1-2-3-4-5-6-7/h2H,1,3-5,7H2/q-1. The van der Waals surface area contributed by atoms with Gasteiger partial charge >= 0.3 is 55.4 Å². The maximum absolute atomic E-state index is 5.34. The van der Waals surface area contributed by atoms with E-state index in [9.17, 15) is 0 Å². The Morgan fingerprint density at radius 2 is 2.43 bits per heavy atom. The Balaban J connectivity index is 2.56. The van der Waals surface area contributed by atoms with E-state index in [2.05, 4.69) is 6.58 Å². The molecule has 0 heterocycles. The third-order valence-electron chi connectivity index (χ3n) is 0.651. The third kappa shape index (κ3) is 6.43.